The summed E-state index contributed by atoms with van der Waals surface area (Å²) < 4.78 is 163. The van der Waals surface area contributed by atoms with Crippen molar-refractivity contribution in [2.75, 3.05) is 7.11 Å². The van der Waals surface area contributed by atoms with Crippen LogP contribution in [0.3, 0.4) is 0 Å². The minimum atomic E-state index is -6.83. The SMILES string of the molecule is COc1ccc(COC(=O)C(F)(F)C(F)(F)C(F)(F)F)cc1OC(=O)C(F)(F)C(F)(F)F. The predicted octanol–water partition coefficient (Wildman–Crippen LogP) is 4.67. The number of halogens is 12. The average molecular weight is 496 g/mol. The molecule has 0 radical (unpaired) electrons. The molecule has 0 fully saturated rings. The van der Waals surface area contributed by atoms with Gasteiger partial charge in [-0.2, -0.15) is 52.7 Å². The van der Waals surface area contributed by atoms with E-state index in [4.69, 9.17) is 0 Å². The quantitative estimate of drug-likeness (QED) is 0.312. The molecule has 17 heteroatoms. The molecule has 1 aromatic rings. The largest absolute Gasteiger partial charge is 0.493 e. The number of ether oxygens (including phenoxy) is 3. The molecule has 0 N–H and O–H groups in total. The number of carbonyl (C=O) groups excluding carboxylic acids is 2. The molecular formula is C15H8F12O5. The topological polar surface area (TPSA) is 61.8 Å². The van der Waals surface area contributed by atoms with Crippen LogP contribution >= 0.6 is 0 Å². The highest BCUT2D eigenvalue weighted by molar-refractivity contribution is 5.81. The second-order valence-electron chi connectivity index (χ2n) is 5.67. The van der Waals surface area contributed by atoms with E-state index in [-0.39, 0.29) is 0 Å². The highest BCUT2D eigenvalue weighted by Gasteiger charge is 2.77. The van der Waals surface area contributed by atoms with Crippen molar-refractivity contribution in [1.29, 1.82) is 0 Å². The van der Waals surface area contributed by atoms with Gasteiger partial charge in [0.25, 0.3) is 0 Å². The number of rotatable bonds is 7. The number of hydrogen-bond donors (Lipinski definition) is 0. The Morgan fingerprint density at radius 2 is 1.28 bits per heavy atom. The van der Waals surface area contributed by atoms with Crippen LogP contribution in [-0.2, 0) is 20.9 Å². The summed E-state index contributed by atoms with van der Waals surface area (Å²) in [4.78, 5) is 22.2. The van der Waals surface area contributed by atoms with Gasteiger partial charge in [0.15, 0.2) is 11.5 Å². The molecule has 0 atom stereocenters. The van der Waals surface area contributed by atoms with Gasteiger partial charge in [-0.1, -0.05) is 6.07 Å². The number of esters is 2. The van der Waals surface area contributed by atoms with Crippen LogP contribution < -0.4 is 9.47 Å². The Labute approximate surface area is 168 Å². The van der Waals surface area contributed by atoms with Crippen LogP contribution in [0.5, 0.6) is 11.5 Å². The number of benzene rings is 1. The lowest BCUT2D eigenvalue weighted by Gasteiger charge is -2.26. The average Bonchev–Trinajstić information content (AvgIpc) is 2.64. The fourth-order valence-electron chi connectivity index (χ4n) is 1.72. The van der Waals surface area contributed by atoms with Crippen molar-refractivity contribution in [2.45, 2.75) is 36.7 Å². The summed E-state index contributed by atoms with van der Waals surface area (Å²) >= 11 is 0. The first-order valence-corrected chi connectivity index (χ1v) is 7.53. The predicted molar refractivity (Wildman–Crippen MR) is 75.4 cm³/mol. The lowest BCUT2D eigenvalue weighted by Crippen LogP contribution is -2.56. The fourth-order valence-corrected chi connectivity index (χ4v) is 1.72. The molecule has 1 rings (SSSR count). The summed E-state index contributed by atoms with van der Waals surface area (Å²) in [5.41, 5.74) is -0.664. The van der Waals surface area contributed by atoms with Crippen molar-refractivity contribution in [3.05, 3.63) is 23.8 Å². The van der Waals surface area contributed by atoms with Gasteiger partial charge >= 0.3 is 42.1 Å². The Bertz CT molecular complexity index is 859. The van der Waals surface area contributed by atoms with Gasteiger partial charge in [0.2, 0.25) is 0 Å². The summed E-state index contributed by atoms with van der Waals surface area (Å²) in [6, 6.07) is 1.77. The van der Waals surface area contributed by atoms with Gasteiger partial charge in [-0.05, 0) is 17.7 Å². The molecule has 0 saturated carbocycles. The van der Waals surface area contributed by atoms with Crippen LogP contribution in [0.1, 0.15) is 5.56 Å². The van der Waals surface area contributed by atoms with E-state index in [2.05, 4.69) is 14.2 Å². The summed E-state index contributed by atoms with van der Waals surface area (Å²) in [6.45, 7) is -1.51. The van der Waals surface area contributed by atoms with Crippen molar-refractivity contribution in [2.24, 2.45) is 0 Å². The molecule has 182 valence electrons. The fraction of sp³-hybridized carbons (Fsp3) is 0.467. The molecule has 0 unspecified atom stereocenters. The van der Waals surface area contributed by atoms with Crippen LogP contribution in [0.4, 0.5) is 52.7 Å². The van der Waals surface area contributed by atoms with E-state index in [1.807, 2.05) is 0 Å². The number of hydrogen-bond acceptors (Lipinski definition) is 5. The van der Waals surface area contributed by atoms with Gasteiger partial charge < -0.3 is 14.2 Å². The van der Waals surface area contributed by atoms with E-state index in [0.717, 1.165) is 13.2 Å². The van der Waals surface area contributed by atoms with Crippen molar-refractivity contribution in [1.82, 2.24) is 0 Å². The monoisotopic (exact) mass is 496 g/mol. The normalized spacial score (nSPS) is 13.5. The first-order chi connectivity index (χ1) is 14.2. The Kier molecular flexibility index (Phi) is 7.27. The van der Waals surface area contributed by atoms with E-state index in [0.29, 0.717) is 12.1 Å². The second-order valence-corrected chi connectivity index (χ2v) is 5.67. The molecule has 32 heavy (non-hydrogen) atoms. The molecule has 0 heterocycles. The molecule has 0 aromatic heterocycles. The zero-order valence-electron chi connectivity index (χ0n) is 15.0. The third-order valence-corrected chi connectivity index (χ3v) is 3.42. The van der Waals surface area contributed by atoms with Gasteiger partial charge in [0, 0.05) is 0 Å². The standard InChI is InChI=1S/C15H8F12O5/c1-30-7-3-2-6(4-8(7)32-10(29)12(18,19)14(22,23)24)5-31-9(28)11(16,17)13(20,21)15(25,26)27/h2-4H,5H2,1H3. The smallest absolute Gasteiger partial charge is 0.465 e. The van der Waals surface area contributed by atoms with Crippen LogP contribution in [0.25, 0.3) is 0 Å². The third-order valence-electron chi connectivity index (χ3n) is 3.42. The lowest BCUT2D eigenvalue weighted by atomic mass is 10.1. The molecule has 0 aliphatic heterocycles. The number of methoxy groups -OCH3 is 1. The van der Waals surface area contributed by atoms with E-state index < -0.39 is 65.7 Å². The Morgan fingerprint density at radius 3 is 1.72 bits per heavy atom. The highest BCUT2D eigenvalue weighted by Crippen LogP contribution is 2.47. The highest BCUT2D eigenvalue weighted by atomic mass is 19.4. The Balaban J connectivity index is 3.09. The first-order valence-electron chi connectivity index (χ1n) is 7.53. The van der Waals surface area contributed by atoms with Crippen LogP contribution in [0, 0.1) is 0 Å². The zero-order valence-corrected chi connectivity index (χ0v) is 15.0. The Morgan fingerprint density at radius 1 is 0.750 bits per heavy atom. The molecule has 0 saturated heterocycles. The number of alkyl halides is 12. The molecule has 0 bridgehead atoms. The number of carbonyl (C=O) groups is 2. The maximum Gasteiger partial charge on any atom is 0.465 e. The minimum absolute atomic E-state index is 0.344. The molecule has 0 aliphatic rings. The van der Waals surface area contributed by atoms with E-state index in [1.54, 1.807) is 0 Å². The minimum Gasteiger partial charge on any atom is -0.493 e. The van der Waals surface area contributed by atoms with Crippen LogP contribution in [0.2, 0.25) is 0 Å². The molecular weight excluding hydrogens is 488 g/mol. The third kappa shape index (κ3) is 5.12. The van der Waals surface area contributed by atoms with Gasteiger partial charge in [-0.15, -0.1) is 0 Å². The molecule has 1 aromatic carbocycles. The molecule has 0 amide bonds. The summed E-state index contributed by atoms with van der Waals surface area (Å²) in [5, 5.41) is 0. The summed E-state index contributed by atoms with van der Waals surface area (Å²) in [6.07, 6.45) is -13.2. The van der Waals surface area contributed by atoms with E-state index >= 15 is 0 Å². The van der Waals surface area contributed by atoms with E-state index in [1.165, 1.54) is 0 Å². The molecule has 5 nitrogen and oxygen atoms in total. The zero-order chi connectivity index (χ0) is 25.3. The maximum atomic E-state index is 13.2. The van der Waals surface area contributed by atoms with Crippen LogP contribution in [-0.4, -0.2) is 49.2 Å². The van der Waals surface area contributed by atoms with Crippen molar-refractivity contribution in [3.8, 4) is 11.5 Å². The molecule has 0 aliphatic carbocycles. The van der Waals surface area contributed by atoms with Crippen LogP contribution in [0.15, 0.2) is 18.2 Å². The molecule has 0 spiro atoms. The maximum absolute atomic E-state index is 13.2. The second kappa shape index (κ2) is 8.57. The van der Waals surface area contributed by atoms with Crippen molar-refractivity contribution < 1.29 is 76.5 Å². The van der Waals surface area contributed by atoms with Gasteiger partial charge in [-0.3, -0.25) is 0 Å². The Hall–Kier alpha value is -2.88. The summed E-state index contributed by atoms with van der Waals surface area (Å²) in [5.74, 6) is -27.5. The van der Waals surface area contributed by atoms with Gasteiger partial charge in [0.1, 0.15) is 6.61 Å². The van der Waals surface area contributed by atoms with E-state index in [9.17, 15) is 62.3 Å². The first kappa shape index (κ1) is 27.2. The van der Waals surface area contributed by atoms with Gasteiger partial charge in [-0.25, -0.2) is 9.59 Å². The van der Waals surface area contributed by atoms with Gasteiger partial charge in [0.05, 0.1) is 7.11 Å². The van der Waals surface area contributed by atoms with Crippen molar-refractivity contribution >= 4 is 11.9 Å². The lowest BCUT2D eigenvalue weighted by molar-refractivity contribution is -0.348. The summed E-state index contributed by atoms with van der Waals surface area (Å²) in [7, 11) is 0.827. The van der Waals surface area contributed by atoms with Crippen molar-refractivity contribution in [3.63, 3.8) is 0 Å².